The molecular formula is C15H17ClN2. The van der Waals surface area contributed by atoms with Crippen LogP contribution in [0.5, 0.6) is 0 Å². The van der Waals surface area contributed by atoms with Gasteiger partial charge in [-0.3, -0.25) is 0 Å². The summed E-state index contributed by atoms with van der Waals surface area (Å²) in [4.78, 5) is 0. The minimum atomic E-state index is 0.266. The fraction of sp³-hybridized carbons (Fsp3) is 0.200. The first-order chi connectivity index (χ1) is 8.66. The van der Waals surface area contributed by atoms with Crippen molar-refractivity contribution in [1.29, 1.82) is 0 Å². The summed E-state index contributed by atoms with van der Waals surface area (Å²) in [5, 5.41) is 4.21. The van der Waals surface area contributed by atoms with E-state index in [-0.39, 0.29) is 6.04 Å². The van der Waals surface area contributed by atoms with E-state index >= 15 is 0 Å². The molecule has 2 rings (SSSR count). The van der Waals surface area contributed by atoms with Gasteiger partial charge in [-0.05, 0) is 36.2 Å². The second-order valence-electron chi connectivity index (χ2n) is 4.35. The molecule has 2 aromatic rings. The highest BCUT2D eigenvalue weighted by Gasteiger charge is 2.05. The van der Waals surface area contributed by atoms with Crippen molar-refractivity contribution in [2.24, 2.45) is 0 Å². The minimum absolute atomic E-state index is 0.266. The van der Waals surface area contributed by atoms with Gasteiger partial charge in [0.15, 0.2) is 0 Å². The second kappa shape index (κ2) is 5.89. The maximum atomic E-state index is 5.91. The average Bonchev–Trinajstić information content (AvgIpc) is 2.38. The van der Waals surface area contributed by atoms with E-state index in [9.17, 15) is 0 Å². The van der Waals surface area contributed by atoms with E-state index in [0.717, 1.165) is 22.8 Å². The smallest absolute Gasteiger partial charge is 0.0406 e. The highest BCUT2D eigenvalue weighted by atomic mass is 35.5. The summed E-state index contributed by atoms with van der Waals surface area (Å²) in [6.45, 7) is 2.89. The molecule has 3 heteroatoms. The van der Waals surface area contributed by atoms with Gasteiger partial charge in [0, 0.05) is 23.3 Å². The quantitative estimate of drug-likeness (QED) is 0.822. The average molecular weight is 261 g/mol. The molecule has 2 nitrogen and oxygen atoms in total. The third-order valence-corrected chi connectivity index (χ3v) is 3.28. The number of nitrogen functional groups attached to an aromatic ring is 1. The Kier molecular flexibility index (Phi) is 4.24. The molecule has 0 heterocycles. The van der Waals surface area contributed by atoms with Crippen LogP contribution in [0.25, 0.3) is 0 Å². The maximum absolute atomic E-state index is 5.91. The zero-order valence-corrected chi connectivity index (χ0v) is 11.1. The highest BCUT2D eigenvalue weighted by Crippen LogP contribution is 2.17. The Labute approximate surface area is 113 Å². The van der Waals surface area contributed by atoms with Gasteiger partial charge in [-0.2, -0.15) is 0 Å². The zero-order valence-electron chi connectivity index (χ0n) is 10.4. The van der Waals surface area contributed by atoms with E-state index < -0.39 is 0 Å². The van der Waals surface area contributed by atoms with Crippen molar-refractivity contribution in [3.63, 3.8) is 0 Å². The Morgan fingerprint density at radius 1 is 1.11 bits per heavy atom. The van der Waals surface area contributed by atoms with Crippen molar-refractivity contribution >= 4 is 17.3 Å². The lowest BCUT2D eigenvalue weighted by atomic mass is 10.1. The van der Waals surface area contributed by atoms with Crippen molar-refractivity contribution < 1.29 is 0 Å². The van der Waals surface area contributed by atoms with Crippen LogP contribution < -0.4 is 11.1 Å². The van der Waals surface area contributed by atoms with Crippen LogP contribution in [0.1, 0.15) is 24.1 Å². The molecule has 0 saturated heterocycles. The molecule has 3 N–H and O–H groups in total. The molecule has 0 aliphatic carbocycles. The number of benzene rings is 2. The molecule has 0 fully saturated rings. The lowest BCUT2D eigenvalue weighted by molar-refractivity contribution is 0.575. The van der Waals surface area contributed by atoms with Crippen molar-refractivity contribution in [2.45, 2.75) is 19.5 Å². The van der Waals surface area contributed by atoms with Gasteiger partial charge in [-0.15, -0.1) is 0 Å². The predicted molar refractivity (Wildman–Crippen MR) is 77.6 cm³/mol. The van der Waals surface area contributed by atoms with Gasteiger partial charge >= 0.3 is 0 Å². The standard InChI is InChI=1S/C15H17ClN2/c1-11(12-6-8-14(16)9-7-12)18-10-13-4-2-3-5-15(13)17/h2-9,11,18H,10,17H2,1H3. The molecule has 2 aromatic carbocycles. The van der Waals surface area contributed by atoms with Crippen LogP contribution in [0.2, 0.25) is 5.02 Å². The Morgan fingerprint density at radius 3 is 2.44 bits per heavy atom. The van der Waals surface area contributed by atoms with Gasteiger partial charge < -0.3 is 11.1 Å². The molecule has 1 unspecified atom stereocenters. The van der Waals surface area contributed by atoms with Gasteiger partial charge in [0.1, 0.15) is 0 Å². The van der Waals surface area contributed by atoms with Crippen LogP contribution >= 0.6 is 11.6 Å². The summed E-state index contributed by atoms with van der Waals surface area (Å²) in [5.74, 6) is 0. The molecule has 0 aromatic heterocycles. The monoisotopic (exact) mass is 260 g/mol. The van der Waals surface area contributed by atoms with Crippen molar-refractivity contribution in [2.75, 3.05) is 5.73 Å². The number of halogens is 1. The first kappa shape index (κ1) is 12.9. The van der Waals surface area contributed by atoms with Crippen LogP contribution in [0, 0.1) is 0 Å². The fourth-order valence-corrected chi connectivity index (χ4v) is 1.95. The van der Waals surface area contributed by atoms with Gasteiger partial charge in [-0.1, -0.05) is 41.9 Å². The Balaban J connectivity index is 1.98. The van der Waals surface area contributed by atoms with E-state index in [1.165, 1.54) is 5.56 Å². The van der Waals surface area contributed by atoms with E-state index in [4.69, 9.17) is 17.3 Å². The summed E-state index contributed by atoms with van der Waals surface area (Å²) in [5.41, 5.74) is 9.08. The van der Waals surface area contributed by atoms with Gasteiger partial charge in [0.2, 0.25) is 0 Å². The van der Waals surface area contributed by atoms with Crippen LogP contribution in [-0.4, -0.2) is 0 Å². The lowest BCUT2D eigenvalue weighted by Gasteiger charge is -2.15. The summed E-state index contributed by atoms with van der Waals surface area (Å²) < 4.78 is 0. The van der Waals surface area contributed by atoms with Gasteiger partial charge in [-0.25, -0.2) is 0 Å². The van der Waals surface area contributed by atoms with E-state index in [2.05, 4.69) is 12.2 Å². The maximum Gasteiger partial charge on any atom is 0.0406 e. The predicted octanol–water partition coefficient (Wildman–Crippen LogP) is 3.77. The minimum Gasteiger partial charge on any atom is -0.398 e. The van der Waals surface area contributed by atoms with Crippen LogP contribution in [0.4, 0.5) is 5.69 Å². The number of nitrogens with one attached hydrogen (secondary N) is 1. The number of anilines is 1. The van der Waals surface area contributed by atoms with Crippen molar-refractivity contribution in [3.8, 4) is 0 Å². The first-order valence-corrected chi connectivity index (χ1v) is 6.37. The Hall–Kier alpha value is -1.51. The third kappa shape index (κ3) is 3.25. The summed E-state index contributed by atoms with van der Waals surface area (Å²) in [6.07, 6.45) is 0. The molecule has 1 atom stereocenters. The van der Waals surface area contributed by atoms with Crippen molar-refractivity contribution in [1.82, 2.24) is 5.32 Å². The summed E-state index contributed by atoms with van der Waals surface area (Å²) >= 11 is 5.87. The topological polar surface area (TPSA) is 38.0 Å². The summed E-state index contributed by atoms with van der Waals surface area (Å²) in [7, 11) is 0. The SMILES string of the molecule is CC(NCc1ccccc1N)c1ccc(Cl)cc1. The summed E-state index contributed by atoms with van der Waals surface area (Å²) in [6, 6.07) is 16.1. The van der Waals surface area contributed by atoms with Gasteiger partial charge in [0.25, 0.3) is 0 Å². The number of para-hydroxylation sites is 1. The third-order valence-electron chi connectivity index (χ3n) is 3.02. The first-order valence-electron chi connectivity index (χ1n) is 5.99. The Morgan fingerprint density at radius 2 is 1.78 bits per heavy atom. The molecule has 0 amide bonds. The largest absolute Gasteiger partial charge is 0.398 e. The molecule has 18 heavy (non-hydrogen) atoms. The van der Waals surface area contributed by atoms with Crippen LogP contribution in [0.3, 0.4) is 0 Å². The number of hydrogen-bond donors (Lipinski definition) is 2. The molecule has 0 aliphatic rings. The van der Waals surface area contributed by atoms with Crippen LogP contribution in [0.15, 0.2) is 48.5 Å². The lowest BCUT2D eigenvalue weighted by Crippen LogP contribution is -2.18. The number of hydrogen-bond acceptors (Lipinski definition) is 2. The van der Waals surface area contributed by atoms with E-state index in [1.54, 1.807) is 0 Å². The van der Waals surface area contributed by atoms with E-state index in [0.29, 0.717) is 0 Å². The molecule has 0 radical (unpaired) electrons. The second-order valence-corrected chi connectivity index (χ2v) is 4.79. The molecule has 0 spiro atoms. The Bertz CT molecular complexity index is 508. The molecular weight excluding hydrogens is 244 g/mol. The highest BCUT2D eigenvalue weighted by molar-refractivity contribution is 6.30. The van der Waals surface area contributed by atoms with Crippen molar-refractivity contribution in [3.05, 3.63) is 64.7 Å². The normalized spacial score (nSPS) is 12.3. The molecule has 0 bridgehead atoms. The fourth-order valence-electron chi connectivity index (χ4n) is 1.83. The zero-order chi connectivity index (χ0) is 13.0. The molecule has 0 aliphatic heterocycles. The molecule has 94 valence electrons. The van der Waals surface area contributed by atoms with Crippen LogP contribution in [-0.2, 0) is 6.54 Å². The molecule has 0 saturated carbocycles. The van der Waals surface area contributed by atoms with E-state index in [1.807, 2.05) is 48.5 Å². The van der Waals surface area contributed by atoms with Gasteiger partial charge in [0.05, 0.1) is 0 Å². The number of rotatable bonds is 4. The number of nitrogens with two attached hydrogens (primary N) is 1.